The second kappa shape index (κ2) is 4.63. The van der Waals surface area contributed by atoms with Gasteiger partial charge < -0.3 is 4.74 Å². The van der Waals surface area contributed by atoms with Gasteiger partial charge in [0.05, 0.1) is 5.25 Å². The van der Waals surface area contributed by atoms with Crippen LogP contribution in [0.5, 0.6) is 0 Å². The van der Waals surface area contributed by atoms with Crippen LogP contribution < -0.4 is 0 Å². The van der Waals surface area contributed by atoms with Gasteiger partial charge in [-0.15, -0.1) is 0 Å². The number of rotatable bonds is 3. The van der Waals surface area contributed by atoms with Crippen molar-refractivity contribution < 1.29 is 13.2 Å². The summed E-state index contributed by atoms with van der Waals surface area (Å²) in [5, 5.41) is -0.206. The van der Waals surface area contributed by atoms with Crippen LogP contribution in [0, 0.1) is 5.92 Å². The molecule has 0 aromatic heterocycles. The standard InChI is InChI=1S/C11H21NO3S/c1-9(2)11-3-6-12(11)16(13,14)10-4-7-15-8-5-10/h9-11H,3-8H2,1-2H3. The van der Waals surface area contributed by atoms with E-state index in [1.165, 1.54) is 0 Å². The lowest BCUT2D eigenvalue weighted by Crippen LogP contribution is -2.56. The molecule has 0 spiro atoms. The molecule has 0 amide bonds. The van der Waals surface area contributed by atoms with Gasteiger partial charge in [0, 0.05) is 25.8 Å². The summed E-state index contributed by atoms with van der Waals surface area (Å²) in [6.45, 7) is 6.07. The zero-order valence-corrected chi connectivity index (χ0v) is 10.9. The molecule has 94 valence electrons. The number of nitrogens with zero attached hydrogens (tertiary/aromatic N) is 1. The van der Waals surface area contributed by atoms with Crippen LogP contribution in [0.25, 0.3) is 0 Å². The highest BCUT2D eigenvalue weighted by atomic mass is 32.2. The molecule has 0 saturated carbocycles. The van der Waals surface area contributed by atoms with Crippen molar-refractivity contribution in [1.29, 1.82) is 0 Å². The van der Waals surface area contributed by atoms with Crippen molar-refractivity contribution in [2.45, 2.75) is 44.4 Å². The van der Waals surface area contributed by atoms with Crippen molar-refractivity contribution in [3.8, 4) is 0 Å². The quantitative estimate of drug-likeness (QED) is 0.753. The zero-order valence-electron chi connectivity index (χ0n) is 10.1. The minimum Gasteiger partial charge on any atom is -0.381 e. The molecule has 2 saturated heterocycles. The normalized spacial score (nSPS) is 29.3. The Hall–Kier alpha value is -0.130. The fourth-order valence-electron chi connectivity index (χ4n) is 2.53. The van der Waals surface area contributed by atoms with Gasteiger partial charge in [-0.25, -0.2) is 8.42 Å². The second-order valence-corrected chi connectivity index (χ2v) is 7.23. The van der Waals surface area contributed by atoms with E-state index >= 15 is 0 Å². The van der Waals surface area contributed by atoms with E-state index in [0.717, 1.165) is 6.42 Å². The predicted octanol–water partition coefficient (Wildman–Crippen LogP) is 1.23. The lowest BCUT2D eigenvalue weighted by atomic mass is 9.95. The van der Waals surface area contributed by atoms with Gasteiger partial charge in [-0.2, -0.15) is 4.31 Å². The summed E-state index contributed by atoms with van der Waals surface area (Å²) in [5.74, 6) is 0.420. The first kappa shape index (κ1) is 12.3. The Kier molecular flexibility index (Phi) is 3.56. The molecule has 2 fully saturated rings. The molecule has 4 nitrogen and oxygen atoms in total. The van der Waals surface area contributed by atoms with E-state index in [2.05, 4.69) is 13.8 Å². The highest BCUT2D eigenvalue weighted by Gasteiger charge is 2.43. The molecule has 1 atom stereocenters. The van der Waals surface area contributed by atoms with Crippen LogP contribution in [0.15, 0.2) is 0 Å². The largest absolute Gasteiger partial charge is 0.381 e. The molecule has 0 aromatic carbocycles. The third-order valence-electron chi connectivity index (χ3n) is 3.70. The predicted molar refractivity (Wildman–Crippen MR) is 62.7 cm³/mol. The Balaban J connectivity index is 2.06. The summed E-state index contributed by atoms with van der Waals surface area (Å²) in [6.07, 6.45) is 2.33. The molecule has 0 bridgehead atoms. The van der Waals surface area contributed by atoms with E-state index in [1.807, 2.05) is 0 Å². The number of ether oxygens (including phenoxy) is 1. The average molecular weight is 247 g/mol. The maximum Gasteiger partial charge on any atom is 0.217 e. The van der Waals surface area contributed by atoms with E-state index < -0.39 is 10.0 Å². The van der Waals surface area contributed by atoms with Gasteiger partial charge in [0.25, 0.3) is 0 Å². The molecule has 0 aliphatic carbocycles. The maximum absolute atomic E-state index is 12.4. The van der Waals surface area contributed by atoms with Crippen LogP contribution in [0.3, 0.4) is 0 Å². The van der Waals surface area contributed by atoms with Gasteiger partial charge in [-0.3, -0.25) is 0 Å². The average Bonchev–Trinajstić information content (AvgIpc) is 2.15. The summed E-state index contributed by atoms with van der Waals surface area (Å²) in [7, 11) is -3.07. The van der Waals surface area contributed by atoms with Crippen molar-refractivity contribution in [2.24, 2.45) is 5.92 Å². The Morgan fingerprint density at radius 2 is 1.81 bits per heavy atom. The van der Waals surface area contributed by atoms with Gasteiger partial charge in [0.15, 0.2) is 0 Å². The van der Waals surface area contributed by atoms with Gasteiger partial charge in [0.1, 0.15) is 0 Å². The molecule has 2 heterocycles. The van der Waals surface area contributed by atoms with E-state index in [4.69, 9.17) is 4.74 Å². The summed E-state index contributed by atoms with van der Waals surface area (Å²) in [4.78, 5) is 0. The minimum atomic E-state index is -3.07. The van der Waals surface area contributed by atoms with Crippen LogP contribution in [0.1, 0.15) is 33.1 Å². The molecular weight excluding hydrogens is 226 g/mol. The Morgan fingerprint density at radius 1 is 1.19 bits per heavy atom. The van der Waals surface area contributed by atoms with Gasteiger partial charge in [0.2, 0.25) is 10.0 Å². The fraction of sp³-hybridized carbons (Fsp3) is 1.00. The van der Waals surface area contributed by atoms with Crippen LogP contribution in [-0.2, 0) is 14.8 Å². The minimum absolute atomic E-state index is 0.206. The molecule has 2 rings (SSSR count). The van der Waals surface area contributed by atoms with Gasteiger partial charge in [-0.1, -0.05) is 13.8 Å². The Morgan fingerprint density at radius 3 is 2.25 bits per heavy atom. The van der Waals surface area contributed by atoms with E-state index in [1.54, 1.807) is 4.31 Å². The summed E-state index contributed by atoms with van der Waals surface area (Å²) in [5.41, 5.74) is 0. The molecule has 5 heteroatoms. The Bertz CT molecular complexity index is 333. The van der Waals surface area contributed by atoms with Crippen molar-refractivity contribution in [1.82, 2.24) is 4.31 Å². The van der Waals surface area contributed by atoms with Crippen molar-refractivity contribution in [3.05, 3.63) is 0 Å². The number of sulfonamides is 1. The summed E-state index contributed by atoms with van der Waals surface area (Å²) < 4.78 is 31.6. The second-order valence-electron chi connectivity index (χ2n) is 5.07. The summed E-state index contributed by atoms with van der Waals surface area (Å²) in [6, 6.07) is 0.229. The van der Waals surface area contributed by atoms with Crippen molar-refractivity contribution >= 4 is 10.0 Å². The van der Waals surface area contributed by atoms with Crippen LogP contribution in [0.4, 0.5) is 0 Å². The molecule has 0 aromatic rings. The molecule has 2 aliphatic heterocycles. The highest BCUT2D eigenvalue weighted by Crippen LogP contribution is 2.31. The zero-order chi connectivity index (χ0) is 11.8. The molecule has 0 radical (unpaired) electrons. The first-order chi connectivity index (χ1) is 7.53. The van der Waals surface area contributed by atoms with E-state index in [0.29, 0.717) is 38.5 Å². The number of hydrogen-bond acceptors (Lipinski definition) is 3. The smallest absolute Gasteiger partial charge is 0.217 e. The maximum atomic E-state index is 12.4. The monoisotopic (exact) mass is 247 g/mol. The highest BCUT2D eigenvalue weighted by molar-refractivity contribution is 7.89. The molecule has 16 heavy (non-hydrogen) atoms. The van der Waals surface area contributed by atoms with Gasteiger partial charge in [-0.05, 0) is 25.2 Å². The SMILES string of the molecule is CC(C)C1CCN1S(=O)(=O)C1CCOCC1. The molecule has 0 N–H and O–H groups in total. The van der Waals surface area contributed by atoms with Crippen molar-refractivity contribution in [3.63, 3.8) is 0 Å². The number of hydrogen-bond donors (Lipinski definition) is 0. The topological polar surface area (TPSA) is 46.6 Å². The molecule has 2 aliphatic rings. The van der Waals surface area contributed by atoms with Crippen LogP contribution in [-0.4, -0.2) is 43.8 Å². The van der Waals surface area contributed by atoms with Crippen LogP contribution >= 0.6 is 0 Å². The van der Waals surface area contributed by atoms with E-state index in [9.17, 15) is 8.42 Å². The third kappa shape index (κ3) is 2.13. The first-order valence-electron chi connectivity index (χ1n) is 6.12. The third-order valence-corrected chi connectivity index (χ3v) is 6.12. The lowest BCUT2D eigenvalue weighted by Gasteiger charge is -2.44. The fourth-order valence-corrected chi connectivity index (χ4v) is 4.79. The lowest BCUT2D eigenvalue weighted by molar-refractivity contribution is 0.0926. The summed E-state index contributed by atoms with van der Waals surface area (Å²) >= 11 is 0. The van der Waals surface area contributed by atoms with Crippen LogP contribution in [0.2, 0.25) is 0 Å². The Labute approximate surface area is 98.0 Å². The van der Waals surface area contributed by atoms with E-state index in [-0.39, 0.29) is 11.3 Å². The van der Waals surface area contributed by atoms with Crippen molar-refractivity contribution in [2.75, 3.05) is 19.8 Å². The molecular formula is C11H21NO3S. The van der Waals surface area contributed by atoms with Gasteiger partial charge >= 0.3 is 0 Å². The molecule has 1 unspecified atom stereocenters. The first-order valence-corrected chi connectivity index (χ1v) is 7.62.